The van der Waals surface area contributed by atoms with Gasteiger partial charge in [0.2, 0.25) is 0 Å². The molecule has 5 heteroatoms. The van der Waals surface area contributed by atoms with Gasteiger partial charge in [-0.25, -0.2) is 0 Å². The topological polar surface area (TPSA) is 53.4 Å². The summed E-state index contributed by atoms with van der Waals surface area (Å²) in [7, 11) is -1.48. The molecule has 0 saturated carbocycles. The van der Waals surface area contributed by atoms with Crippen molar-refractivity contribution in [3.63, 3.8) is 0 Å². The quantitative estimate of drug-likeness (QED) is 0.734. The number of hydrogen-bond acceptors (Lipinski definition) is 4. The highest BCUT2D eigenvalue weighted by Gasteiger charge is 2.16. The van der Waals surface area contributed by atoms with Gasteiger partial charge in [-0.05, 0) is 12.5 Å². The van der Waals surface area contributed by atoms with Gasteiger partial charge in [0.25, 0.3) is 0 Å². The Bertz CT molecular complexity index is 470. The highest BCUT2D eigenvalue weighted by Crippen LogP contribution is 2.22. The highest BCUT2D eigenvalue weighted by molar-refractivity contribution is 7.24. The van der Waals surface area contributed by atoms with Crippen molar-refractivity contribution in [2.45, 2.75) is 6.92 Å². The second-order valence-corrected chi connectivity index (χ2v) is 4.37. The zero-order valence-electron chi connectivity index (χ0n) is 8.21. The van der Waals surface area contributed by atoms with E-state index in [4.69, 9.17) is 10.0 Å². The molecular weight excluding hydrogens is 209 g/mol. The van der Waals surface area contributed by atoms with Gasteiger partial charge in [-0.2, -0.15) is 0 Å². The third-order valence-corrected chi connectivity index (χ3v) is 3.13. The molecule has 1 aromatic carbocycles. The third kappa shape index (κ3) is 2.26. The number of thiazole rings is 1. The van der Waals surface area contributed by atoms with Crippen molar-refractivity contribution in [2.75, 3.05) is 0 Å². The number of aromatic nitrogens is 1. The molecule has 1 heterocycles. The number of aryl methyl sites for hydroxylation is 1. The fourth-order valence-corrected chi connectivity index (χ4v) is 2.13. The molecule has 0 atom stereocenters. The number of rotatable bonds is 2. The van der Waals surface area contributed by atoms with Crippen LogP contribution in [0.15, 0.2) is 30.5 Å². The summed E-state index contributed by atoms with van der Waals surface area (Å²) >= 11 is 1.29. The molecule has 0 aliphatic carbocycles. The average molecular weight is 219 g/mol. The molecule has 0 bridgehead atoms. The van der Waals surface area contributed by atoms with Gasteiger partial charge in [0.05, 0.1) is 4.88 Å². The van der Waals surface area contributed by atoms with Gasteiger partial charge in [-0.15, -0.1) is 11.3 Å². The molecule has 0 fully saturated rings. The Labute approximate surface area is 92.2 Å². The molecule has 76 valence electrons. The summed E-state index contributed by atoms with van der Waals surface area (Å²) in [5.41, 5.74) is 2.23. The van der Waals surface area contributed by atoms with Crippen molar-refractivity contribution in [3.05, 3.63) is 36.0 Å². The van der Waals surface area contributed by atoms with E-state index in [9.17, 15) is 0 Å². The van der Waals surface area contributed by atoms with Crippen LogP contribution in [0.4, 0.5) is 0 Å². The fraction of sp³-hybridized carbons (Fsp3) is 0.100. The summed E-state index contributed by atoms with van der Waals surface area (Å²) < 4.78 is 0. The van der Waals surface area contributed by atoms with Crippen LogP contribution in [0.2, 0.25) is 0 Å². The van der Waals surface area contributed by atoms with E-state index in [-0.39, 0.29) is 0 Å². The van der Waals surface area contributed by atoms with Gasteiger partial charge < -0.3 is 10.0 Å². The average Bonchev–Trinajstić information content (AvgIpc) is 2.66. The molecule has 0 aliphatic heterocycles. The maximum absolute atomic E-state index is 8.94. The Hall–Kier alpha value is -1.17. The van der Waals surface area contributed by atoms with Gasteiger partial charge >= 0.3 is 7.12 Å². The summed E-state index contributed by atoms with van der Waals surface area (Å²) in [6.45, 7) is 2.02. The standard InChI is InChI=1S/C10H10BNO2S/c1-7-3-2-4-8(5-7)9-6-12-10(15-9)11(13)14/h2-6,13-14H,1H3. The van der Waals surface area contributed by atoms with Crippen LogP contribution in [0.5, 0.6) is 0 Å². The van der Waals surface area contributed by atoms with E-state index in [1.807, 2.05) is 31.2 Å². The lowest BCUT2D eigenvalue weighted by Crippen LogP contribution is -2.28. The maximum Gasteiger partial charge on any atom is 0.519 e. The van der Waals surface area contributed by atoms with Crippen LogP contribution in [0, 0.1) is 6.92 Å². The molecule has 0 spiro atoms. The summed E-state index contributed by atoms with van der Waals surface area (Å²) in [4.78, 5) is 5.21. The first-order valence-corrected chi connectivity index (χ1v) is 5.37. The van der Waals surface area contributed by atoms with E-state index >= 15 is 0 Å². The molecule has 2 aromatic rings. The third-order valence-electron chi connectivity index (χ3n) is 2.05. The van der Waals surface area contributed by atoms with E-state index in [0.29, 0.717) is 4.91 Å². The molecule has 2 N–H and O–H groups in total. The van der Waals surface area contributed by atoms with Crippen LogP contribution < -0.4 is 4.91 Å². The summed E-state index contributed by atoms with van der Waals surface area (Å²) in [5.74, 6) is 0. The molecule has 1 aromatic heterocycles. The van der Waals surface area contributed by atoms with Crippen molar-refractivity contribution < 1.29 is 10.0 Å². The normalized spacial score (nSPS) is 10.3. The lowest BCUT2D eigenvalue weighted by Gasteiger charge is -1.97. The molecule has 0 radical (unpaired) electrons. The first-order valence-electron chi connectivity index (χ1n) is 4.56. The molecule has 0 saturated heterocycles. The highest BCUT2D eigenvalue weighted by atomic mass is 32.1. The summed E-state index contributed by atoms with van der Waals surface area (Å²) in [6.07, 6.45) is 1.66. The molecule has 0 amide bonds. The molecule has 3 nitrogen and oxygen atoms in total. The molecule has 0 aliphatic rings. The predicted octanol–water partition coefficient (Wildman–Crippen LogP) is 0.798. The van der Waals surface area contributed by atoms with Gasteiger partial charge in [0, 0.05) is 6.20 Å². The first-order chi connectivity index (χ1) is 7.16. The number of hydrogen-bond donors (Lipinski definition) is 2. The SMILES string of the molecule is Cc1cccc(-c2cnc(B(O)O)s2)c1. The largest absolute Gasteiger partial charge is 0.519 e. The molecule has 15 heavy (non-hydrogen) atoms. The Morgan fingerprint density at radius 1 is 1.33 bits per heavy atom. The van der Waals surface area contributed by atoms with Crippen molar-refractivity contribution in [1.82, 2.24) is 4.98 Å². The molecule has 2 rings (SSSR count). The Kier molecular flexibility index (Phi) is 2.86. The van der Waals surface area contributed by atoms with E-state index in [2.05, 4.69) is 4.98 Å². The van der Waals surface area contributed by atoms with Crippen LogP contribution in [0.1, 0.15) is 5.56 Å². The molecular formula is C10H10BNO2S. The summed E-state index contributed by atoms with van der Waals surface area (Å²) in [5, 5.41) is 17.9. The van der Waals surface area contributed by atoms with Crippen LogP contribution in [0.3, 0.4) is 0 Å². The number of benzene rings is 1. The Balaban J connectivity index is 2.37. The van der Waals surface area contributed by atoms with Gasteiger partial charge in [0.1, 0.15) is 4.91 Å². The van der Waals surface area contributed by atoms with E-state index in [0.717, 1.165) is 10.4 Å². The Morgan fingerprint density at radius 3 is 2.73 bits per heavy atom. The Morgan fingerprint density at radius 2 is 2.13 bits per heavy atom. The lowest BCUT2D eigenvalue weighted by molar-refractivity contribution is 0.425. The zero-order chi connectivity index (χ0) is 10.8. The lowest BCUT2D eigenvalue weighted by atomic mass is 9.94. The van der Waals surface area contributed by atoms with Crippen molar-refractivity contribution >= 4 is 23.4 Å². The van der Waals surface area contributed by atoms with Crippen molar-refractivity contribution in [3.8, 4) is 10.4 Å². The van der Waals surface area contributed by atoms with Crippen molar-refractivity contribution in [2.24, 2.45) is 0 Å². The minimum Gasteiger partial charge on any atom is -0.422 e. The zero-order valence-corrected chi connectivity index (χ0v) is 9.03. The van der Waals surface area contributed by atoms with Gasteiger partial charge in [-0.1, -0.05) is 29.8 Å². The number of nitrogens with zero attached hydrogens (tertiary/aromatic N) is 1. The van der Waals surface area contributed by atoms with Crippen molar-refractivity contribution in [1.29, 1.82) is 0 Å². The van der Waals surface area contributed by atoms with E-state index in [1.54, 1.807) is 6.20 Å². The van der Waals surface area contributed by atoms with Crippen LogP contribution in [0.25, 0.3) is 10.4 Å². The van der Waals surface area contributed by atoms with Crippen LogP contribution in [-0.4, -0.2) is 22.2 Å². The minimum atomic E-state index is -1.48. The second kappa shape index (κ2) is 4.14. The minimum absolute atomic E-state index is 0.325. The second-order valence-electron chi connectivity index (χ2n) is 3.31. The fourth-order valence-electron chi connectivity index (χ4n) is 1.34. The first kappa shape index (κ1) is 10.4. The van der Waals surface area contributed by atoms with Gasteiger partial charge in [0.15, 0.2) is 0 Å². The van der Waals surface area contributed by atoms with E-state index < -0.39 is 7.12 Å². The monoisotopic (exact) mass is 219 g/mol. The van der Waals surface area contributed by atoms with Crippen LogP contribution in [-0.2, 0) is 0 Å². The smallest absolute Gasteiger partial charge is 0.422 e. The van der Waals surface area contributed by atoms with E-state index in [1.165, 1.54) is 16.9 Å². The molecule has 0 unspecified atom stereocenters. The summed E-state index contributed by atoms with van der Waals surface area (Å²) in [6, 6.07) is 8.01. The van der Waals surface area contributed by atoms with Crippen LogP contribution >= 0.6 is 11.3 Å². The predicted molar refractivity (Wildman–Crippen MR) is 62.1 cm³/mol. The van der Waals surface area contributed by atoms with Gasteiger partial charge in [-0.3, -0.25) is 4.98 Å². The maximum atomic E-state index is 8.94.